The number of hydrogen-bond acceptors (Lipinski definition) is 5. The van der Waals surface area contributed by atoms with Gasteiger partial charge >= 0.3 is 5.97 Å². The minimum Gasteiger partial charge on any atom is -0.481 e. The zero-order valence-electron chi connectivity index (χ0n) is 14.3. The Morgan fingerprint density at radius 1 is 1.19 bits per heavy atom. The molecule has 0 unspecified atom stereocenters. The fourth-order valence-electron chi connectivity index (χ4n) is 2.46. The number of halogens is 2. The molecule has 138 valence electrons. The molecule has 0 saturated carbocycles. The van der Waals surface area contributed by atoms with Crippen LogP contribution in [0.15, 0.2) is 36.5 Å². The molecule has 2 aromatic rings. The maximum atomic E-state index is 13.2. The van der Waals surface area contributed by atoms with E-state index in [2.05, 4.69) is 10.3 Å². The Hall–Kier alpha value is -3.03. The molecule has 1 heterocycles. The highest BCUT2D eigenvalue weighted by atomic mass is 19.1. The van der Waals surface area contributed by atoms with Gasteiger partial charge in [-0.3, -0.25) is 4.79 Å². The van der Waals surface area contributed by atoms with Crippen LogP contribution in [0.1, 0.15) is 11.1 Å². The van der Waals surface area contributed by atoms with Crippen LogP contribution in [0.4, 0.5) is 8.78 Å². The lowest BCUT2D eigenvalue weighted by Crippen LogP contribution is -2.43. The van der Waals surface area contributed by atoms with Crippen LogP contribution in [0.3, 0.4) is 0 Å². The van der Waals surface area contributed by atoms with Crippen molar-refractivity contribution in [1.82, 2.24) is 10.3 Å². The van der Waals surface area contributed by atoms with E-state index in [1.165, 1.54) is 20.4 Å². The second-order valence-corrected chi connectivity index (χ2v) is 5.47. The van der Waals surface area contributed by atoms with E-state index in [1.807, 2.05) is 0 Å². The van der Waals surface area contributed by atoms with Crippen molar-refractivity contribution in [2.24, 2.45) is 0 Å². The van der Waals surface area contributed by atoms with Gasteiger partial charge in [-0.25, -0.2) is 18.6 Å². The number of benzene rings is 1. The highest BCUT2D eigenvalue weighted by Crippen LogP contribution is 2.16. The van der Waals surface area contributed by atoms with E-state index in [1.54, 1.807) is 12.1 Å². The van der Waals surface area contributed by atoms with Crippen molar-refractivity contribution in [2.75, 3.05) is 14.2 Å². The second kappa shape index (κ2) is 8.89. The molecule has 26 heavy (non-hydrogen) atoms. The van der Waals surface area contributed by atoms with Crippen LogP contribution >= 0.6 is 0 Å². The van der Waals surface area contributed by atoms with Crippen molar-refractivity contribution < 1.29 is 27.8 Å². The van der Waals surface area contributed by atoms with E-state index in [-0.39, 0.29) is 18.4 Å². The van der Waals surface area contributed by atoms with Crippen molar-refractivity contribution in [1.29, 1.82) is 0 Å². The molecule has 1 aromatic heterocycles. The standard InChI is InChI=1S/C18H18F2N2O4/c1-25-17-12(4-3-5-21-17)9-15(18(24)26-2)22-16(23)8-11-6-13(19)10-14(20)7-11/h3-7,10,15H,8-9H2,1-2H3,(H,22,23)/t15-/m1/s1. The Morgan fingerprint density at radius 2 is 1.88 bits per heavy atom. The molecule has 0 bridgehead atoms. The quantitative estimate of drug-likeness (QED) is 0.759. The van der Waals surface area contributed by atoms with E-state index < -0.39 is 29.6 Å². The topological polar surface area (TPSA) is 77.5 Å². The lowest BCUT2D eigenvalue weighted by molar-refractivity contribution is -0.145. The first kappa shape index (κ1) is 19.3. The van der Waals surface area contributed by atoms with Gasteiger partial charge in [-0.05, 0) is 23.8 Å². The van der Waals surface area contributed by atoms with Crippen molar-refractivity contribution in [3.8, 4) is 5.88 Å². The molecular weight excluding hydrogens is 346 g/mol. The summed E-state index contributed by atoms with van der Waals surface area (Å²) in [6.07, 6.45) is 1.34. The second-order valence-electron chi connectivity index (χ2n) is 5.47. The highest BCUT2D eigenvalue weighted by molar-refractivity contribution is 5.85. The van der Waals surface area contributed by atoms with Crippen molar-refractivity contribution in [3.05, 3.63) is 59.3 Å². The number of pyridine rings is 1. The molecule has 8 heteroatoms. The molecule has 0 saturated heterocycles. The lowest BCUT2D eigenvalue weighted by Gasteiger charge is -2.17. The minimum atomic E-state index is -0.996. The monoisotopic (exact) mass is 364 g/mol. The number of nitrogens with one attached hydrogen (secondary N) is 1. The highest BCUT2D eigenvalue weighted by Gasteiger charge is 2.24. The van der Waals surface area contributed by atoms with Crippen molar-refractivity contribution in [2.45, 2.75) is 18.9 Å². The Kier molecular flexibility index (Phi) is 6.60. The predicted octanol–water partition coefficient (Wildman–Crippen LogP) is 1.81. The third-order valence-corrected chi connectivity index (χ3v) is 3.58. The molecule has 0 aliphatic rings. The first-order valence-electron chi connectivity index (χ1n) is 7.73. The van der Waals surface area contributed by atoms with Gasteiger partial charge in [0.05, 0.1) is 20.6 Å². The van der Waals surface area contributed by atoms with Crippen LogP contribution in [0, 0.1) is 11.6 Å². The summed E-state index contributed by atoms with van der Waals surface area (Å²) in [6, 6.07) is 5.20. The molecule has 1 amide bonds. The van der Waals surface area contributed by atoms with E-state index in [9.17, 15) is 18.4 Å². The number of rotatable bonds is 7. The summed E-state index contributed by atoms with van der Waals surface area (Å²) < 4.78 is 36.3. The molecule has 1 N–H and O–H groups in total. The third kappa shape index (κ3) is 5.23. The zero-order valence-corrected chi connectivity index (χ0v) is 14.3. The summed E-state index contributed by atoms with van der Waals surface area (Å²) >= 11 is 0. The number of esters is 1. The average Bonchev–Trinajstić information content (AvgIpc) is 2.59. The van der Waals surface area contributed by atoms with E-state index in [0.29, 0.717) is 17.5 Å². The smallest absolute Gasteiger partial charge is 0.328 e. The Morgan fingerprint density at radius 3 is 2.50 bits per heavy atom. The summed E-state index contributed by atoms with van der Waals surface area (Å²) in [5, 5.41) is 2.51. The number of hydrogen-bond donors (Lipinski definition) is 1. The van der Waals surface area contributed by atoms with Gasteiger partial charge in [-0.2, -0.15) is 0 Å². The summed E-state index contributed by atoms with van der Waals surface area (Å²) in [5.41, 5.74) is 0.755. The minimum absolute atomic E-state index is 0.0902. The molecule has 0 radical (unpaired) electrons. The molecule has 0 spiro atoms. The van der Waals surface area contributed by atoms with Gasteiger partial charge in [0.15, 0.2) is 0 Å². The number of carbonyl (C=O) groups excluding carboxylic acids is 2. The van der Waals surface area contributed by atoms with Crippen LogP contribution in [-0.4, -0.2) is 37.1 Å². The first-order chi connectivity index (χ1) is 12.4. The molecule has 1 atom stereocenters. The van der Waals surface area contributed by atoms with Crippen molar-refractivity contribution in [3.63, 3.8) is 0 Å². The number of amides is 1. The molecule has 6 nitrogen and oxygen atoms in total. The van der Waals surface area contributed by atoms with Gasteiger partial charge in [0, 0.05) is 24.2 Å². The van der Waals surface area contributed by atoms with Crippen LogP contribution in [0.2, 0.25) is 0 Å². The van der Waals surface area contributed by atoms with Gasteiger partial charge in [0.1, 0.15) is 17.7 Å². The molecule has 0 aliphatic carbocycles. The molecule has 2 rings (SSSR count). The van der Waals surface area contributed by atoms with E-state index in [4.69, 9.17) is 9.47 Å². The van der Waals surface area contributed by atoms with Gasteiger partial charge in [-0.15, -0.1) is 0 Å². The maximum absolute atomic E-state index is 13.2. The average molecular weight is 364 g/mol. The van der Waals surface area contributed by atoms with Crippen LogP contribution in [0.25, 0.3) is 0 Å². The summed E-state index contributed by atoms with van der Waals surface area (Å²) in [5.74, 6) is -2.47. The van der Waals surface area contributed by atoms with Crippen LogP contribution in [-0.2, 0) is 27.2 Å². The zero-order chi connectivity index (χ0) is 19.1. The first-order valence-corrected chi connectivity index (χ1v) is 7.73. The number of nitrogens with zero attached hydrogens (tertiary/aromatic N) is 1. The molecule has 0 aliphatic heterocycles. The molecule has 1 aromatic carbocycles. The molecular formula is C18H18F2N2O4. The number of ether oxygens (including phenoxy) is 2. The largest absolute Gasteiger partial charge is 0.481 e. The number of aromatic nitrogens is 1. The Balaban J connectivity index is 2.12. The number of carbonyl (C=O) groups is 2. The summed E-state index contributed by atoms with van der Waals surface area (Å²) in [7, 11) is 2.64. The van der Waals surface area contributed by atoms with Crippen LogP contribution < -0.4 is 10.1 Å². The van der Waals surface area contributed by atoms with Crippen molar-refractivity contribution >= 4 is 11.9 Å². The summed E-state index contributed by atoms with van der Waals surface area (Å²) in [4.78, 5) is 28.2. The van der Waals surface area contributed by atoms with E-state index in [0.717, 1.165) is 12.1 Å². The Bertz CT molecular complexity index is 778. The normalized spacial score (nSPS) is 11.5. The van der Waals surface area contributed by atoms with Gasteiger partial charge < -0.3 is 14.8 Å². The van der Waals surface area contributed by atoms with Gasteiger partial charge in [-0.1, -0.05) is 6.07 Å². The SMILES string of the molecule is COC(=O)[C@@H](Cc1cccnc1OC)NC(=O)Cc1cc(F)cc(F)c1. The third-order valence-electron chi connectivity index (χ3n) is 3.58. The Labute approximate surface area is 149 Å². The van der Waals surface area contributed by atoms with Crippen LogP contribution in [0.5, 0.6) is 5.88 Å². The fourth-order valence-corrected chi connectivity index (χ4v) is 2.46. The maximum Gasteiger partial charge on any atom is 0.328 e. The summed E-state index contributed by atoms with van der Waals surface area (Å²) in [6.45, 7) is 0. The predicted molar refractivity (Wildman–Crippen MR) is 88.5 cm³/mol. The fraction of sp³-hybridized carbons (Fsp3) is 0.278. The van der Waals surface area contributed by atoms with E-state index >= 15 is 0 Å². The van der Waals surface area contributed by atoms with Gasteiger partial charge in [0.2, 0.25) is 11.8 Å². The lowest BCUT2D eigenvalue weighted by atomic mass is 10.1. The van der Waals surface area contributed by atoms with Gasteiger partial charge in [0.25, 0.3) is 0 Å². The number of methoxy groups -OCH3 is 2. The molecule has 0 fully saturated rings.